The van der Waals surface area contributed by atoms with Crippen LogP contribution in [0.2, 0.25) is 0 Å². The van der Waals surface area contributed by atoms with Gasteiger partial charge in [-0.05, 0) is 192 Å². The van der Waals surface area contributed by atoms with Crippen molar-refractivity contribution in [3.8, 4) is 46.0 Å². The van der Waals surface area contributed by atoms with Gasteiger partial charge in [0, 0.05) is 144 Å². The van der Waals surface area contributed by atoms with Crippen molar-refractivity contribution >= 4 is 23.1 Å². The molecule has 8 heterocycles. The lowest BCUT2D eigenvalue weighted by Gasteiger charge is -2.72. The predicted molar refractivity (Wildman–Crippen MR) is 418 cm³/mol. The highest BCUT2D eigenvalue weighted by molar-refractivity contribution is 5.81. The molecule has 6 fully saturated rings. The Morgan fingerprint density at radius 2 is 0.910 bits per heavy atom. The fraction of sp³-hybridized carbons (Fsp3) is 0.596. The zero-order valence-corrected chi connectivity index (χ0v) is 65.8. The Kier molecular flexibility index (Phi) is 16.1. The Morgan fingerprint density at radius 1 is 0.486 bits per heavy atom. The molecule has 0 radical (unpaired) electrons. The summed E-state index contributed by atoms with van der Waals surface area (Å²) in [7, 11) is 5.19. The maximum absolute atomic E-state index is 11.4. The van der Waals surface area contributed by atoms with E-state index in [4.69, 9.17) is 54.8 Å². The Bertz CT molecular complexity index is 4790. The number of phenolic OH excluding ortho intramolecular Hbond substituents is 3. The van der Waals surface area contributed by atoms with Gasteiger partial charge in [0.1, 0.15) is 47.8 Å². The zero-order chi connectivity index (χ0) is 77.9. The quantitative estimate of drug-likeness (QED) is 0.0378. The van der Waals surface area contributed by atoms with E-state index in [9.17, 15) is 35.7 Å². The predicted octanol–water partition coefficient (Wildman–Crippen LogP) is 9.80. The maximum atomic E-state index is 11.4. The van der Waals surface area contributed by atoms with E-state index >= 15 is 0 Å². The summed E-state index contributed by atoms with van der Waals surface area (Å²) in [5, 5.41) is 107. The molecule has 12 aliphatic carbocycles. The van der Waals surface area contributed by atoms with Gasteiger partial charge in [0.25, 0.3) is 0 Å². The van der Waals surface area contributed by atoms with Crippen LogP contribution >= 0.6 is 0 Å². The minimum absolute atomic E-state index is 0.0908. The number of nitrogens with zero attached hydrogens (tertiary/aromatic N) is 4. The number of fused-ring (bicyclic) bond motifs is 2. The van der Waals surface area contributed by atoms with E-state index in [0.29, 0.717) is 41.0 Å². The van der Waals surface area contributed by atoms with Crippen LogP contribution in [-0.4, -0.2) is 222 Å². The molecule has 0 amide bonds. The second-order valence-electron chi connectivity index (χ2n) is 37.2. The van der Waals surface area contributed by atoms with Gasteiger partial charge in [-0.3, -0.25) is 20.6 Å². The summed E-state index contributed by atoms with van der Waals surface area (Å²) in [6.45, 7) is 20.4. The molecule has 6 spiro atoms. The van der Waals surface area contributed by atoms with Crippen molar-refractivity contribution in [3.05, 3.63) is 142 Å². The second-order valence-corrected chi connectivity index (χ2v) is 37.2. The fourth-order valence-corrected chi connectivity index (χ4v) is 27.7. The third-order valence-corrected chi connectivity index (χ3v) is 31.9. The Balaban J connectivity index is 0.000000101. The van der Waals surface area contributed by atoms with Gasteiger partial charge in [-0.2, -0.15) is 0 Å². The molecule has 22 nitrogen and oxygen atoms in total. The highest BCUT2D eigenvalue weighted by atomic mass is 16.6. The number of ether oxygens (including phenoxy) is 7. The molecule has 4 aromatic rings. The smallest absolute Gasteiger partial charge is 0.166 e. The Hall–Kier alpha value is -7.80. The van der Waals surface area contributed by atoms with E-state index in [2.05, 4.69) is 62.1 Å². The summed E-state index contributed by atoms with van der Waals surface area (Å²) in [5.74, 6) is 5.41. The molecule has 4 aromatic carbocycles. The number of benzene rings is 4. The van der Waals surface area contributed by atoms with Crippen molar-refractivity contribution in [2.75, 3.05) is 60.6 Å². The van der Waals surface area contributed by atoms with Crippen LogP contribution in [0.15, 0.2) is 97.1 Å². The van der Waals surface area contributed by atoms with Crippen LogP contribution < -0.4 is 23.7 Å². The number of hydrogen-bond acceptors (Lipinski definition) is 20. The number of piperidine rings is 4. The number of nitrogens with one attached hydrogen (secondary N) is 4. The van der Waals surface area contributed by atoms with Crippen LogP contribution in [0.4, 0.5) is 0 Å². The Morgan fingerprint density at radius 3 is 1.41 bits per heavy atom. The third-order valence-electron chi connectivity index (χ3n) is 31.9. The first-order chi connectivity index (χ1) is 52.8. The number of aromatic hydroxyl groups is 3. The number of aliphatic hydroxyl groups is 4. The largest absolute Gasteiger partial charge is 0.504 e. The average Bonchev–Trinajstić information content (AvgIpc) is 1.48. The van der Waals surface area contributed by atoms with Crippen molar-refractivity contribution in [2.45, 2.75) is 237 Å². The van der Waals surface area contributed by atoms with Gasteiger partial charge in [-0.25, -0.2) is 0 Å². The average molecular weight is 1520 g/mol. The number of amidine groups is 2. The molecule has 2 saturated carbocycles. The zero-order valence-electron chi connectivity index (χ0n) is 65.8. The molecular formula is C89H110N8O14. The normalized spacial score (nSPS) is 39.8. The third kappa shape index (κ3) is 9.19. The van der Waals surface area contributed by atoms with Gasteiger partial charge in [-0.15, -0.1) is 0 Å². The first-order valence-corrected chi connectivity index (χ1v) is 40.6. The van der Waals surface area contributed by atoms with Crippen molar-refractivity contribution < 1.29 is 68.9 Å². The van der Waals surface area contributed by atoms with Gasteiger partial charge >= 0.3 is 0 Å². The SMILES string of the molecule is CC(=N)CCN1CC[C@]23c4c5ccc(O)c4O[C@H]2[C@@H](O)C=CC3[C@H]1C5.CC(=N)N1CC[C@]23c4c5ccc(O)c4O[C@H]2[C@@H](O)C=CC3[C@H]1C5.CO[C@]12C=CC3(CC1C(C)(C)O)[C@H]1Cc4ccc(O)c5c4[C@@]3(CCN1C(C)=N)[C@H]2O5.COc1ccc2c3c1O[C@@H]1[C@]34CCN(CCC(C)=N)[C@H](C2)C42C=C[C@@]1(OC)C(C(C)(C)O)C2. The van der Waals surface area contributed by atoms with E-state index in [1.54, 1.807) is 39.5 Å². The van der Waals surface area contributed by atoms with E-state index in [-0.39, 0.29) is 110 Å². The van der Waals surface area contributed by atoms with Crippen molar-refractivity contribution in [1.29, 1.82) is 21.6 Å². The lowest BCUT2D eigenvalue weighted by molar-refractivity contribution is -0.245. The van der Waals surface area contributed by atoms with Crippen LogP contribution in [-0.2, 0) is 56.8 Å². The number of rotatable bonds is 11. The van der Waals surface area contributed by atoms with E-state index in [1.165, 1.54) is 27.8 Å². The lowest BCUT2D eigenvalue weighted by Crippen LogP contribution is -2.80. The van der Waals surface area contributed by atoms with E-state index < -0.39 is 34.6 Å². The fourth-order valence-electron chi connectivity index (χ4n) is 27.7. The van der Waals surface area contributed by atoms with Gasteiger partial charge in [0.05, 0.1) is 40.8 Å². The minimum Gasteiger partial charge on any atom is -0.504 e. The number of phenols is 3. The first kappa shape index (κ1) is 73.4. The van der Waals surface area contributed by atoms with Crippen LogP contribution in [0, 0.1) is 56.1 Å². The lowest BCUT2D eigenvalue weighted by atomic mass is 9.36. The van der Waals surface area contributed by atoms with E-state index in [1.807, 2.05) is 91.8 Å². The molecule has 24 rings (SSSR count). The minimum atomic E-state index is -0.964. The van der Waals surface area contributed by atoms with Crippen LogP contribution in [0.1, 0.15) is 151 Å². The molecule has 4 saturated heterocycles. The topological polar surface area (TPSA) is 315 Å². The van der Waals surface area contributed by atoms with Crippen molar-refractivity contribution in [2.24, 2.45) is 34.5 Å². The summed E-state index contributed by atoms with van der Waals surface area (Å²) in [5.41, 5.74) is 6.37. The van der Waals surface area contributed by atoms with Crippen LogP contribution in [0.5, 0.6) is 46.0 Å². The van der Waals surface area contributed by atoms with Crippen molar-refractivity contribution in [3.63, 3.8) is 0 Å². The highest BCUT2D eigenvalue weighted by Crippen LogP contribution is 2.78. The molecule has 22 heteroatoms. The number of hydrogen-bond donors (Lipinski definition) is 11. The highest BCUT2D eigenvalue weighted by Gasteiger charge is 2.83. The van der Waals surface area contributed by atoms with Crippen LogP contribution in [0.3, 0.4) is 0 Å². The molecule has 8 aliphatic heterocycles. The Labute approximate surface area is 650 Å². The number of likely N-dealkylation sites (tertiary alicyclic amines) is 4. The molecular weight excluding hydrogens is 1410 g/mol. The molecule has 22 atom stereocenters. The molecule has 111 heavy (non-hydrogen) atoms. The second kappa shape index (κ2) is 24.4. The first-order valence-electron chi connectivity index (χ1n) is 40.6. The van der Waals surface area contributed by atoms with Gasteiger partial charge in [-0.1, -0.05) is 72.9 Å². The summed E-state index contributed by atoms with van der Waals surface area (Å²) >= 11 is 0. The summed E-state index contributed by atoms with van der Waals surface area (Å²) in [6.07, 6.45) is 25.0. The van der Waals surface area contributed by atoms with E-state index in [0.717, 1.165) is 156 Å². The number of aliphatic hydroxyl groups excluding tert-OH is 2. The van der Waals surface area contributed by atoms with Gasteiger partial charge < -0.3 is 89.5 Å². The molecule has 12 bridgehead atoms. The van der Waals surface area contributed by atoms with Crippen molar-refractivity contribution in [1.82, 2.24) is 19.6 Å². The maximum Gasteiger partial charge on any atom is 0.166 e. The monoisotopic (exact) mass is 1510 g/mol. The summed E-state index contributed by atoms with van der Waals surface area (Å²) in [4.78, 5) is 9.55. The molecule has 6 unspecified atom stereocenters. The van der Waals surface area contributed by atoms with Crippen LogP contribution in [0.25, 0.3) is 0 Å². The molecule has 0 aromatic heterocycles. The number of methoxy groups -OCH3 is 3. The van der Waals surface area contributed by atoms with Gasteiger partial charge in [0.2, 0.25) is 0 Å². The standard InChI is InChI=1S/C27H36N2O4.C24H30N2O4.C20H24N2O3.C18H20N2O3/c1-16(28)8-12-29-13-11-26-21-17-6-7-18(31-4)22(21)33-23(26)27(32-5)10-9-25(26,20(29)14-17)15-19(27)24(2,3)30;1-13(25)26-10-9-23-18-14-5-6-15(27)19(18)30-20(23)24(29-4)8-7-22(23,17(26)11-14)12-16(24)21(2,3)28;1-11(21)6-8-22-9-7-20-13-3-5-16(24)19(20)25-18-15(23)4-2-12(17(18)20)10-14(13)22;1-9(19)20-7-6-18-11-3-5-14(22)17(18)23-16-13(21)4-2-10(15(16)18)8-12(11)20/h6-7,9-10,19-20,23,28,30H,8,11-15H2,1-5H3;5-8,16-17,20,25,27-28H,9-12H2,1-4H3;2-5,13-14,16,19,21,23-24H,6-10H2,1H3;2-5,11-12,14,17,19,21-22H,6-8H2,1H3/t19?,20-,23-,25?,26+,27-;16?,17-,20-,22?,23+,24-;13?,14-,16+,19+,20+;11?,12-,14+,17+,18+/m1111/s1. The van der Waals surface area contributed by atoms with Gasteiger partial charge in [0.15, 0.2) is 46.0 Å². The summed E-state index contributed by atoms with van der Waals surface area (Å²) in [6, 6.07) is 16.5. The summed E-state index contributed by atoms with van der Waals surface area (Å²) < 4.78 is 44.2. The molecule has 590 valence electrons. The molecule has 11 N–H and O–H groups in total. The molecule has 20 aliphatic rings.